The van der Waals surface area contributed by atoms with Crippen LogP contribution >= 0.6 is 0 Å². The molecule has 4 aliphatic rings. The number of hydrogen-bond acceptors (Lipinski definition) is 11. The highest BCUT2D eigenvalue weighted by Crippen LogP contribution is 2.36. The van der Waals surface area contributed by atoms with Crippen LogP contribution in [0.15, 0.2) is 43.0 Å². The Labute approximate surface area is 328 Å². The average Bonchev–Trinajstić information content (AvgIpc) is 3.91. The Hall–Kier alpha value is -4.73. The Bertz CT molecular complexity index is 1990. The third-order valence-electron chi connectivity index (χ3n) is 11.0. The number of nitrogens with zero attached hydrogens (tertiary/aromatic N) is 3. The Morgan fingerprint density at radius 3 is 2.45 bits per heavy atom. The van der Waals surface area contributed by atoms with Gasteiger partial charge in [0.2, 0.25) is 27.7 Å². The SMILES string of the molecule is C=CC1C=CC1(NC(=O)C1CC2CN1C(=O)C(C(C)(C)C)NC(=O)OC(C)CCCCCCCc1nc3ccc(OC)cc3nc1O2)C(=O)NS(=O)(=O)C1CC1. The van der Waals surface area contributed by atoms with E-state index in [-0.39, 0.29) is 24.9 Å². The summed E-state index contributed by atoms with van der Waals surface area (Å²) in [5, 5.41) is 4.89. The molecule has 2 aliphatic heterocycles. The van der Waals surface area contributed by atoms with E-state index in [1.807, 2.05) is 19.1 Å². The second kappa shape index (κ2) is 16.4. The molecule has 1 aromatic carbocycles. The second-order valence-corrected chi connectivity index (χ2v) is 18.4. The van der Waals surface area contributed by atoms with Gasteiger partial charge in [-0.05, 0) is 63.0 Å². The standard InChI is InChI=1S/C40H54N6O9S/c1-7-25-19-20-40(25,37(49)45-56(51,52)28-16-17-28)44-34(47)32-22-27-23-46(32)36(48)33(39(3,4)5)43-38(50)54-24(2)13-11-9-8-10-12-14-30-35(55-27)42-31-21-26(53-6)15-18-29(31)41-30/h7,15,18-21,24-25,27-28,32-33H,1,8-14,16-17,22-23H2,2-6H3,(H,43,50)(H,44,47)(H,45,49). The minimum atomic E-state index is -3.96. The van der Waals surface area contributed by atoms with Crippen molar-refractivity contribution in [2.75, 3.05) is 13.7 Å². The zero-order chi connectivity index (χ0) is 40.4. The molecule has 1 aromatic heterocycles. The number of aryl methyl sites for hydroxylation is 1. The van der Waals surface area contributed by atoms with Gasteiger partial charge in [-0.25, -0.2) is 23.2 Å². The lowest BCUT2D eigenvalue weighted by atomic mass is 9.73. The fourth-order valence-corrected chi connectivity index (χ4v) is 8.82. The third-order valence-corrected chi connectivity index (χ3v) is 12.8. The maximum absolute atomic E-state index is 14.7. The van der Waals surface area contributed by atoms with Gasteiger partial charge < -0.3 is 29.7 Å². The Morgan fingerprint density at radius 1 is 1.05 bits per heavy atom. The summed E-state index contributed by atoms with van der Waals surface area (Å²) in [5.74, 6) is -2.03. The van der Waals surface area contributed by atoms with E-state index < -0.39 is 74.1 Å². The lowest BCUT2D eigenvalue weighted by Gasteiger charge is -2.42. The molecule has 0 spiro atoms. The number of alkyl carbamates (subject to hydrolysis) is 1. The molecule has 2 bridgehead atoms. The van der Waals surface area contributed by atoms with Crippen molar-refractivity contribution in [2.24, 2.45) is 11.3 Å². The van der Waals surface area contributed by atoms with Crippen molar-refractivity contribution in [1.82, 2.24) is 30.2 Å². The van der Waals surface area contributed by atoms with E-state index in [4.69, 9.17) is 24.2 Å². The number of rotatable bonds is 7. The summed E-state index contributed by atoms with van der Waals surface area (Å²) in [6.45, 7) is 10.9. The van der Waals surface area contributed by atoms with Gasteiger partial charge in [0.25, 0.3) is 5.91 Å². The molecule has 3 heterocycles. The summed E-state index contributed by atoms with van der Waals surface area (Å²) in [5.41, 5.74) is -0.724. The van der Waals surface area contributed by atoms with Crippen LogP contribution in [0.2, 0.25) is 0 Å². The number of sulfonamides is 1. The first-order valence-electron chi connectivity index (χ1n) is 19.5. The molecule has 6 atom stereocenters. The molecule has 0 radical (unpaired) electrons. The molecule has 6 rings (SSSR count). The smallest absolute Gasteiger partial charge is 0.408 e. The normalized spacial score (nSPS) is 27.9. The quantitative estimate of drug-likeness (QED) is 0.339. The Balaban J connectivity index is 1.36. The highest BCUT2D eigenvalue weighted by molar-refractivity contribution is 7.91. The number of fused-ring (bicyclic) bond motifs is 4. The van der Waals surface area contributed by atoms with Gasteiger partial charge in [0.05, 0.1) is 29.9 Å². The lowest BCUT2D eigenvalue weighted by Crippen LogP contribution is -2.67. The number of cyclic esters (lactones) is 1. The van der Waals surface area contributed by atoms with Crippen LogP contribution in [0.1, 0.15) is 91.2 Å². The van der Waals surface area contributed by atoms with Gasteiger partial charge in [-0.15, -0.1) is 6.58 Å². The number of carbonyl (C=O) groups is 4. The molecule has 2 fully saturated rings. The average molecular weight is 795 g/mol. The van der Waals surface area contributed by atoms with E-state index in [9.17, 15) is 27.6 Å². The first kappa shape index (κ1) is 40.9. The van der Waals surface area contributed by atoms with Gasteiger partial charge in [-0.2, -0.15) is 0 Å². The predicted molar refractivity (Wildman–Crippen MR) is 208 cm³/mol. The van der Waals surface area contributed by atoms with Crippen LogP contribution in [0.25, 0.3) is 11.0 Å². The zero-order valence-corrected chi connectivity index (χ0v) is 33.7. The molecule has 2 aromatic rings. The van der Waals surface area contributed by atoms with Gasteiger partial charge in [-0.3, -0.25) is 19.1 Å². The van der Waals surface area contributed by atoms with Crippen molar-refractivity contribution >= 4 is 44.9 Å². The summed E-state index contributed by atoms with van der Waals surface area (Å²) in [7, 11) is -2.39. The molecule has 2 aliphatic carbocycles. The Kier molecular flexibility index (Phi) is 12.0. The number of carbonyl (C=O) groups excluding carboxylic acids is 4. The van der Waals surface area contributed by atoms with E-state index in [0.717, 1.165) is 32.1 Å². The lowest BCUT2D eigenvalue weighted by molar-refractivity contribution is -0.143. The fraction of sp³-hybridized carbons (Fsp3) is 0.600. The number of benzene rings is 1. The number of amides is 4. The molecule has 6 unspecified atom stereocenters. The fourth-order valence-electron chi connectivity index (χ4n) is 7.47. The highest BCUT2D eigenvalue weighted by atomic mass is 32.2. The number of nitrogens with one attached hydrogen (secondary N) is 3. The highest BCUT2D eigenvalue weighted by Gasteiger charge is 2.53. The number of hydrogen-bond donors (Lipinski definition) is 3. The van der Waals surface area contributed by atoms with Crippen molar-refractivity contribution in [3.05, 3.63) is 48.7 Å². The summed E-state index contributed by atoms with van der Waals surface area (Å²) in [4.78, 5) is 67.3. The van der Waals surface area contributed by atoms with Crippen LogP contribution in [0.4, 0.5) is 4.79 Å². The first-order chi connectivity index (χ1) is 26.5. The maximum atomic E-state index is 14.7. The third kappa shape index (κ3) is 8.95. The Morgan fingerprint density at radius 2 is 1.79 bits per heavy atom. The van der Waals surface area contributed by atoms with Gasteiger partial charge in [0.1, 0.15) is 41.3 Å². The summed E-state index contributed by atoms with van der Waals surface area (Å²) < 4.78 is 45.5. The summed E-state index contributed by atoms with van der Waals surface area (Å²) in [6, 6.07) is 3.10. The molecule has 1 saturated heterocycles. The second-order valence-electron chi connectivity index (χ2n) is 16.4. The molecule has 56 heavy (non-hydrogen) atoms. The van der Waals surface area contributed by atoms with Gasteiger partial charge >= 0.3 is 6.09 Å². The van der Waals surface area contributed by atoms with Crippen LogP contribution in [0.3, 0.4) is 0 Å². The van der Waals surface area contributed by atoms with Crippen molar-refractivity contribution in [3.8, 4) is 11.6 Å². The van der Waals surface area contributed by atoms with Crippen molar-refractivity contribution in [2.45, 2.75) is 127 Å². The minimum absolute atomic E-state index is 0.00622. The molecule has 16 heteroatoms. The van der Waals surface area contributed by atoms with E-state index in [1.165, 1.54) is 17.1 Å². The van der Waals surface area contributed by atoms with Crippen LogP contribution in [0, 0.1) is 11.3 Å². The summed E-state index contributed by atoms with van der Waals surface area (Å²) in [6.07, 6.45) is 9.33. The van der Waals surface area contributed by atoms with Gasteiger partial charge in [-0.1, -0.05) is 58.3 Å². The molecular weight excluding hydrogens is 741 g/mol. The van der Waals surface area contributed by atoms with Crippen LogP contribution in [-0.2, 0) is 35.6 Å². The zero-order valence-electron chi connectivity index (χ0n) is 32.8. The van der Waals surface area contributed by atoms with E-state index in [2.05, 4.69) is 21.9 Å². The molecule has 304 valence electrons. The predicted octanol–water partition coefficient (Wildman–Crippen LogP) is 4.25. The molecule has 4 amide bonds. The van der Waals surface area contributed by atoms with Crippen LogP contribution in [-0.4, -0.2) is 95.8 Å². The molecule has 3 N–H and O–H groups in total. The topological polar surface area (TPSA) is 195 Å². The molecule has 15 nitrogen and oxygen atoms in total. The number of aromatic nitrogens is 2. The molecular formula is C40H54N6O9S. The number of ether oxygens (including phenoxy) is 3. The van der Waals surface area contributed by atoms with E-state index >= 15 is 0 Å². The van der Waals surface area contributed by atoms with Crippen LogP contribution < -0.4 is 24.8 Å². The van der Waals surface area contributed by atoms with E-state index in [0.29, 0.717) is 48.2 Å². The van der Waals surface area contributed by atoms with Crippen molar-refractivity contribution in [3.63, 3.8) is 0 Å². The van der Waals surface area contributed by atoms with Crippen molar-refractivity contribution < 1.29 is 41.8 Å². The maximum Gasteiger partial charge on any atom is 0.408 e. The number of methoxy groups -OCH3 is 1. The van der Waals surface area contributed by atoms with Crippen molar-refractivity contribution in [1.29, 1.82) is 0 Å². The van der Waals surface area contributed by atoms with Gasteiger partial charge in [0, 0.05) is 18.4 Å². The summed E-state index contributed by atoms with van der Waals surface area (Å²) >= 11 is 0. The van der Waals surface area contributed by atoms with Gasteiger partial charge in [0.15, 0.2) is 0 Å². The largest absolute Gasteiger partial charge is 0.497 e. The van der Waals surface area contributed by atoms with E-state index in [1.54, 1.807) is 40.0 Å². The first-order valence-corrected chi connectivity index (χ1v) is 21.1. The monoisotopic (exact) mass is 794 g/mol. The minimum Gasteiger partial charge on any atom is -0.497 e. The van der Waals surface area contributed by atoms with Crippen LogP contribution in [0.5, 0.6) is 11.6 Å². The molecule has 1 saturated carbocycles.